The van der Waals surface area contributed by atoms with Gasteiger partial charge in [0.25, 0.3) is 5.91 Å². The molecule has 3 aromatic carbocycles. The molecule has 5 rings (SSSR count). The van der Waals surface area contributed by atoms with Gasteiger partial charge in [0, 0.05) is 12.2 Å². The van der Waals surface area contributed by atoms with Crippen LogP contribution in [-0.2, 0) is 16.1 Å². The highest BCUT2D eigenvalue weighted by Crippen LogP contribution is 2.36. The third-order valence-corrected chi connectivity index (χ3v) is 7.09. The van der Waals surface area contributed by atoms with Crippen LogP contribution in [0.4, 0.5) is 5.69 Å². The fourth-order valence-corrected chi connectivity index (χ4v) is 5.13. The fraction of sp³-hybridized carbons (Fsp3) is 0.207. The van der Waals surface area contributed by atoms with Crippen molar-refractivity contribution in [3.63, 3.8) is 0 Å². The summed E-state index contributed by atoms with van der Waals surface area (Å²) in [6.45, 7) is 1.46. The lowest BCUT2D eigenvalue weighted by Gasteiger charge is -2.19. The summed E-state index contributed by atoms with van der Waals surface area (Å²) in [5, 5.41) is 9.72. The number of nitrogens with zero attached hydrogens (tertiary/aromatic N) is 2. The number of ether oxygens (including phenoxy) is 2. The number of carboxylic acids is 1. The van der Waals surface area contributed by atoms with Crippen molar-refractivity contribution in [2.45, 2.75) is 25.6 Å². The lowest BCUT2D eigenvalue weighted by molar-refractivity contribution is -0.123. The monoisotopic (exact) mass is 514 g/mol. The Hall–Kier alpha value is -3.88. The maximum atomic E-state index is 13.5. The molecule has 0 bridgehead atoms. The molecule has 0 radical (unpaired) electrons. The molecule has 2 saturated heterocycles. The average molecular weight is 515 g/mol. The molecule has 0 saturated carbocycles. The number of aliphatic imine (C=N–C) groups is 1. The number of benzene rings is 3. The topological polar surface area (TPSA) is 88.4 Å². The number of carbonyl (C=O) groups excluding carboxylic acids is 1. The van der Waals surface area contributed by atoms with Crippen LogP contribution in [0.5, 0.6) is 5.75 Å². The molecule has 0 aromatic heterocycles. The van der Waals surface area contributed by atoms with Gasteiger partial charge in [0.2, 0.25) is 0 Å². The Balaban J connectivity index is 1.38. The second-order valence-corrected chi connectivity index (χ2v) is 9.73. The molecular formula is C29H26N2O5S. The van der Waals surface area contributed by atoms with Crippen molar-refractivity contribution in [2.24, 2.45) is 4.99 Å². The molecular weight excluding hydrogens is 488 g/mol. The Morgan fingerprint density at radius 3 is 2.57 bits per heavy atom. The summed E-state index contributed by atoms with van der Waals surface area (Å²) in [5.74, 6) is -0.439. The van der Waals surface area contributed by atoms with Gasteiger partial charge in [0.15, 0.2) is 5.17 Å². The number of amides is 1. The first-order valence-electron chi connectivity index (χ1n) is 12.1. The van der Waals surface area contributed by atoms with Crippen LogP contribution in [0.2, 0.25) is 0 Å². The molecule has 37 heavy (non-hydrogen) atoms. The van der Waals surface area contributed by atoms with Gasteiger partial charge in [0.05, 0.1) is 28.8 Å². The van der Waals surface area contributed by atoms with Crippen LogP contribution < -0.4 is 4.74 Å². The van der Waals surface area contributed by atoms with Gasteiger partial charge in [-0.3, -0.25) is 9.69 Å². The van der Waals surface area contributed by atoms with Crippen molar-refractivity contribution < 1.29 is 24.2 Å². The van der Waals surface area contributed by atoms with Crippen molar-refractivity contribution in [1.82, 2.24) is 4.90 Å². The SMILES string of the molecule is O=C(O)c1ccc(COc2ccccc2/C=C2\SC(=Nc3ccccc3)N(C[C@@H]3CCCO3)C2=O)cc1. The number of thioether (sulfide) groups is 1. The molecule has 2 aliphatic heterocycles. The third-order valence-electron chi connectivity index (χ3n) is 6.08. The second kappa shape index (κ2) is 11.5. The van der Waals surface area contributed by atoms with Crippen LogP contribution in [-0.4, -0.2) is 46.3 Å². The molecule has 3 aromatic rings. The van der Waals surface area contributed by atoms with Crippen molar-refractivity contribution >= 4 is 40.6 Å². The van der Waals surface area contributed by atoms with Gasteiger partial charge in [0.1, 0.15) is 12.4 Å². The Labute approximate surface area is 219 Å². The minimum absolute atomic E-state index is 0.00742. The zero-order valence-corrected chi connectivity index (χ0v) is 20.9. The van der Waals surface area contributed by atoms with E-state index in [1.165, 1.54) is 11.8 Å². The lowest BCUT2D eigenvalue weighted by Crippen LogP contribution is -2.36. The summed E-state index contributed by atoms with van der Waals surface area (Å²) in [6, 6.07) is 23.7. The maximum absolute atomic E-state index is 13.5. The number of carboxylic acid groups (broad SMARTS) is 1. The van der Waals surface area contributed by atoms with Gasteiger partial charge in [-0.25, -0.2) is 9.79 Å². The first-order valence-corrected chi connectivity index (χ1v) is 12.9. The highest BCUT2D eigenvalue weighted by atomic mass is 32.2. The first-order chi connectivity index (χ1) is 18.1. The van der Waals surface area contributed by atoms with Crippen molar-refractivity contribution in [3.05, 3.63) is 100 Å². The number of carbonyl (C=O) groups is 2. The normalized spacial score (nSPS) is 19.6. The molecule has 188 valence electrons. The van der Waals surface area contributed by atoms with E-state index in [0.717, 1.165) is 36.3 Å². The van der Waals surface area contributed by atoms with Crippen LogP contribution in [0.1, 0.15) is 34.3 Å². The number of rotatable bonds is 8. The molecule has 1 amide bonds. The molecule has 1 N–H and O–H groups in total. The number of amidine groups is 1. The minimum Gasteiger partial charge on any atom is -0.488 e. The number of hydrogen-bond donors (Lipinski definition) is 1. The van der Waals surface area contributed by atoms with Crippen LogP contribution in [0.15, 0.2) is 88.8 Å². The zero-order valence-electron chi connectivity index (χ0n) is 20.1. The van der Waals surface area contributed by atoms with E-state index in [9.17, 15) is 9.59 Å². The number of para-hydroxylation sites is 2. The summed E-state index contributed by atoms with van der Waals surface area (Å²) in [5.41, 5.74) is 2.64. The zero-order chi connectivity index (χ0) is 25.6. The van der Waals surface area contributed by atoms with Crippen LogP contribution in [0, 0.1) is 0 Å². The largest absolute Gasteiger partial charge is 0.488 e. The van der Waals surface area contributed by atoms with Gasteiger partial charge >= 0.3 is 5.97 Å². The summed E-state index contributed by atoms with van der Waals surface area (Å²) in [7, 11) is 0. The van der Waals surface area contributed by atoms with Crippen LogP contribution in [0.3, 0.4) is 0 Å². The molecule has 2 heterocycles. The van der Waals surface area contributed by atoms with E-state index in [1.54, 1.807) is 29.2 Å². The molecule has 2 fully saturated rings. The summed E-state index contributed by atoms with van der Waals surface area (Å²) >= 11 is 1.35. The van der Waals surface area contributed by atoms with E-state index in [-0.39, 0.29) is 24.2 Å². The fourth-order valence-electron chi connectivity index (χ4n) is 4.13. The standard InChI is InChI=1S/C29H26N2O5S/c32-27-26(37-29(30-23-8-2-1-3-9-23)31(27)18-24-10-6-16-35-24)17-22-7-4-5-11-25(22)36-19-20-12-14-21(15-13-20)28(33)34/h1-5,7-9,11-15,17,24H,6,10,16,18-19H2,(H,33,34)/b26-17-,30-29?/t24-/m0/s1. The summed E-state index contributed by atoms with van der Waals surface area (Å²) in [4.78, 5) is 31.6. The molecule has 8 heteroatoms. The van der Waals surface area contributed by atoms with Gasteiger partial charge < -0.3 is 14.6 Å². The Morgan fingerprint density at radius 2 is 1.84 bits per heavy atom. The Morgan fingerprint density at radius 1 is 1.08 bits per heavy atom. The van der Waals surface area contributed by atoms with Crippen molar-refractivity contribution in [3.8, 4) is 5.75 Å². The van der Waals surface area contributed by atoms with Gasteiger partial charge in [-0.1, -0.05) is 48.5 Å². The second-order valence-electron chi connectivity index (χ2n) is 8.72. The minimum atomic E-state index is -0.966. The van der Waals surface area contributed by atoms with Crippen molar-refractivity contribution in [1.29, 1.82) is 0 Å². The van der Waals surface area contributed by atoms with Crippen LogP contribution in [0.25, 0.3) is 6.08 Å². The summed E-state index contributed by atoms with van der Waals surface area (Å²) in [6.07, 6.45) is 3.77. The van der Waals surface area contributed by atoms with Crippen molar-refractivity contribution in [2.75, 3.05) is 13.2 Å². The molecule has 0 aliphatic carbocycles. The highest BCUT2D eigenvalue weighted by molar-refractivity contribution is 8.18. The van der Waals surface area contributed by atoms with Gasteiger partial charge in [-0.05, 0) is 66.6 Å². The predicted octanol–water partition coefficient (Wildman–Crippen LogP) is 5.75. The smallest absolute Gasteiger partial charge is 0.335 e. The van der Waals surface area contributed by atoms with E-state index in [1.807, 2.05) is 60.7 Å². The highest BCUT2D eigenvalue weighted by Gasteiger charge is 2.36. The van der Waals surface area contributed by atoms with E-state index in [4.69, 9.17) is 19.6 Å². The van der Waals surface area contributed by atoms with Crippen LogP contribution >= 0.6 is 11.8 Å². The molecule has 2 aliphatic rings. The molecule has 7 nitrogen and oxygen atoms in total. The Kier molecular flexibility index (Phi) is 7.67. The quantitative estimate of drug-likeness (QED) is 0.385. The maximum Gasteiger partial charge on any atom is 0.335 e. The third kappa shape index (κ3) is 6.10. The number of hydrogen-bond acceptors (Lipinski definition) is 6. The van der Waals surface area contributed by atoms with E-state index >= 15 is 0 Å². The van der Waals surface area contributed by atoms with Gasteiger partial charge in [-0.15, -0.1) is 0 Å². The Bertz CT molecular complexity index is 1330. The lowest BCUT2D eigenvalue weighted by atomic mass is 10.1. The summed E-state index contributed by atoms with van der Waals surface area (Å²) < 4.78 is 11.8. The first kappa shape index (κ1) is 24.8. The average Bonchev–Trinajstić information content (AvgIpc) is 3.53. The van der Waals surface area contributed by atoms with Gasteiger partial charge in [-0.2, -0.15) is 0 Å². The van der Waals surface area contributed by atoms with E-state index < -0.39 is 5.97 Å². The van der Waals surface area contributed by atoms with E-state index in [0.29, 0.717) is 22.4 Å². The molecule has 0 unspecified atom stereocenters. The molecule has 1 atom stereocenters. The van der Waals surface area contributed by atoms with E-state index in [2.05, 4.69) is 0 Å². The predicted molar refractivity (Wildman–Crippen MR) is 144 cm³/mol. The number of aromatic carboxylic acids is 1. The molecule has 0 spiro atoms.